The molecule has 19 aromatic carbocycles. The summed E-state index contributed by atoms with van der Waals surface area (Å²) in [4.78, 5) is 2.32. The van der Waals surface area contributed by atoms with Crippen molar-refractivity contribution in [2.45, 2.75) is 0 Å². The zero-order valence-electron chi connectivity index (χ0n) is 63.6. The van der Waals surface area contributed by atoms with Crippen LogP contribution in [0.25, 0.3) is 143 Å². The molecule has 24 rings (SSSR count). The van der Waals surface area contributed by atoms with E-state index in [1.807, 2.05) is 158 Å². The summed E-state index contributed by atoms with van der Waals surface area (Å²) in [5, 5.41) is 15.1. The summed E-state index contributed by atoms with van der Waals surface area (Å²) in [6, 6.07) is 142. The number of ether oxygens (including phenoxy) is 3. The van der Waals surface area contributed by atoms with Gasteiger partial charge in [-0.25, -0.2) is 0 Å². The Morgan fingerprint density at radius 3 is 1.15 bits per heavy atom. The van der Waals surface area contributed by atoms with Gasteiger partial charge >= 0.3 is 0 Å². The van der Waals surface area contributed by atoms with Crippen LogP contribution in [-0.4, -0.2) is 0 Å². The van der Waals surface area contributed by atoms with E-state index in [4.69, 9.17) is 28.8 Å². The highest BCUT2D eigenvalue weighted by Crippen LogP contribution is 2.53. The van der Waals surface area contributed by atoms with Crippen LogP contribution in [0.3, 0.4) is 0 Å². The van der Waals surface area contributed by atoms with Gasteiger partial charge in [0, 0.05) is 114 Å². The molecule has 0 aliphatic carbocycles. The number of para-hydroxylation sites is 5. The van der Waals surface area contributed by atoms with Gasteiger partial charge in [0.1, 0.15) is 56.8 Å². The van der Waals surface area contributed by atoms with Crippen molar-refractivity contribution in [2.75, 3.05) is 16.0 Å². The predicted molar refractivity (Wildman–Crippen MR) is 496 cm³/mol. The maximum absolute atomic E-state index is 6.42. The Kier molecular flexibility index (Phi) is 19.4. The van der Waals surface area contributed by atoms with Crippen LogP contribution in [-0.2, 0) is 0 Å². The van der Waals surface area contributed by atoms with E-state index in [9.17, 15) is 0 Å². The highest BCUT2D eigenvalue weighted by atomic mass is 79.9. The molecule has 2 aromatic heterocycles. The van der Waals surface area contributed by atoms with Crippen LogP contribution in [0.4, 0.5) is 34.1 Å². The summed E-state index contributed by atoms with van der Waals surface area (Å²) in [7, 11) is 0. The largest absolute Gasteiger partial charge is 0.456 e. The summed E-state index contributed by atoms with van der Waals surface area (Å²) in [6.07, 6.45) is 0. The van der Waals surface area contributed by atoms with Gasteiger partial charge in [-0.05, 0) is 184 Å². The molecule has 0 bridgehead atoms. The summed E-state index contributed by atoms with van der Waals surface area (Å²) < 4.78 is 32.8. The summed E-state index contributed by atoms with van der Waals surface area (Å²) in [5.74, 6) is 5.44. The van der Waals surface area contributed by atoms with E-state index in [0.717, 1.165) is 149 Å². The van der Waals surface area contributed by atoms with Crippen LogP contribution >= 0.6 is 31.9 Å². The van der Waals surface area contributed by atoms with Gasteiger partial charge in [0.15, 0.2) is 0 Å². The van der Waals surface area contributed by atoms with Gasteiger partial charge in [-0.3, -0.25) is 0 Å². The standard InChI is InChI=1S/C40H25NO2.C28H19NO.C16H9BrO.C12H7BrO.C12H11N/c1-2-9-26(10-3-1)27-17-19-28(20-18-27)41(29-21-22-32-30-11-4-6-14-36(30)43-39(32)25-29)35-24-23-33-31-12-5-7-15-37(31)42-38-16-8-13-34(35)40(33)38;1-2-7-19(8-3-1)20-13-15-21(16-14-20)29-25-18-17-23-22-9-4-5-11-26(22)30-27-12-6-10-24(25)28(23)27;17-13-9-8-11-10-4-1-2-6-14(10)18-15-7-3-5-12(13)16(11)15;13-8-5-6-10-9-3-1-2-4-11(9)14-12(10)7-8;13-12-8-6-11(7-9-12)10-4-2-1-3-5-10/h1-25H;1-18,29H;1-9H;1-7H;1-9H,13H2. The number of hydrogen-bond acceptors (Lipinski definition) is 8. The molecule has 21 aromatic rings. The van der Waals surface area contributed by atoms with Gasteiger partial charge in [0.2, 0.25) is 0 Å². The van der Waals surface area contributed by atoms with Gasteiger partial charge in [0.25, 0.3) is 0 Å². The van der Waals surface area contributed by atoms with Crippen LogP contribution in [0.1, 0.15) is 0 Å². The third-order valence-electron chi connectivity index (χ3n) is 21.8. The molecule has 3 aliphatic rings. The van der Waals surface area contributed by atoms with Gasteiger partial charge in [-0.2, -0.15) is 0 Å². The average molecular weight is 1650 g/mol. The topological polar surface area (TPSA) is 95.3 Å². The lowest BCUT2D eigenvalue weighted by Crippen LogP contribution is -2.11. The third-order valence-corrected chi connectivity index (χ3v) is 23.0. The number of nitrogens with one attached hydrogen (secondary N) is 1. The first-order valence-corrected chi connectivity index (χ1v) is 40.7. The van der Waals surface area contributed by atoms with Crippen molar-refractivity contribution in [1.29, 1.82) is 0 Å². The van der Waals surface area contributed by atoms with Crippen LogP contribution in [0.15, 0.2) is 430 Å². The van der Waals surface area contributed by atoms with E-state index in [1.54, 1.807) is 0 Å². The van der Waals surface area contributed by atoms with Crippen molar-refractivity contribution in [3.8, 4) is 101 Å². The van der Waals surface area contributed by atoms with Crippen molar-refractivity contribution < 1.29 is 23.0 Å². The summed E-state index contributed by atoms with van der Waals surface area (Å²) in [5.41, 5.74) is 29.6. The highest BCUT2D eigenvalue weighted by molar-refractivity contribution is 9.11. The Bertz CT molecular complexity index is 7340. The Hall–Kier alpha value is -14.7. The Balaban J connectivity index is 0.000000103. The van der Waals surface area contributed by atoms with E-state index in [0.29, 0.717) is 0 Å². The molecule has 562 valence electrons. The van der Waals surface area contributed by atoms with Gasteiger partial charge in [0.05, 0.1) is 5.69 Å². The zero-order valence-corrected chi connectivity index (χ0v) is 66.8. The number of nitrogens with zero attached hydrogens (tertiary/aromatic N) is 1. The van der Waals surface area contributed by atoms with Crippen molar-refractivity contribution in [3.63, 3.8) is 0 Å². The number of nitrogen functional groups attached to an aromatic ring is 1. The molecule has 0 saturated carbocycles. The van der Waals surface area contributed by atoms with Gasteiger partial charge < -0.3 is 39.0 Å². The molecule has 0 saturated heterocycles. The van der Waals surface area contributed by atoms with Crippen molar-refractivity contribution >= 4 is 142 Å². The Labute approximate surface area is 698 Å². The fraction of sp³-hybridized carbons (Fsp3) is 0. The van der Waals surface area contributed by atoms with Crippen molar-refractivity contribution in [1.82, 2.24) is 0 Å². The molecular formula is C108H71Br2N3O5. The molecule has 0 radical (unpaired) electrons. The molecule has 5 heterocycles. The monoisotopic (exact) mass is 1650 g/mol. The number of nitrogens with two attached hydrogens (primary N) is 1. The number of anilines is 6. The van der Waals surface area contributed by atoms with Crippen LogP contribution in [0, 0.1) is 0 Å². The van der Waals surface area contributed by atoms with E-state index >= 15 is 0 Å². The van der Waals surface area contributed by atoms with Gasteiger partial charge in [-0.15, -0.1) is 0 Å². The lowest BCUT2D eigenvalue weighted by molar-refractivity contribution is 0.487. The first kappa shape index (κ1) is 72.3. The Morgan fingerprint density at radius 2 is 0.619 bits per heavy atom. The normalized spacial score (nSPS) is 11.5. The van der Waals surface area contributed by atoms with Gasteiger partial charge in [-0.1, -0.05) is 305 Å². The number of halogens is 2. The van der Waals surface area contributed by atoms with Crippen molar-refractivity contribution in [2.24, 2.45) is 0 Å². The summed E-state index contributed by atoms with van der Waals surface area (Å²) >= 11 is 7.03. The number of furan rings is 2. The number of rotatable bonds is 8. The predicted octanol–water partition coefficient (Wildman–Crippen LogP) is 32.3. The maximum atomic E-state index is 6.42. The van der Waals surface area contributed by atoms with Crippen LogP contribution in [0.2, 0.25) is 0 Å². The van der Waals surface area contributed by atoms with E-state index in [1.165, 1.54) is 71.6 Å². The lowest BCUT2D eigenvalue weighted by atomic mass is 9.93. The zero-order chi connectivity index (χ0) is 79.0. The molecule has 0 amide bonds. The fourth-order valence-corrected chi connectivity index (χ4v) is 17.0. The molecule has 0 atom stereocenters. The van der Waals surface area contributed by atoms with E-state index in [2.05, 4.69) is 297 Å². The third kappa shape index (κ3) is 14.1. The second-order valence-electron chi connectivity index (χ2n) is 29.0. The van der Waals surface area contributed by atoms with E-state index < -0.39 is 0 Å². The molecule has 0 fully saturated rings. The number of benzene rings is 19. The quantitative estimate of drug-likeness (QED) is 0.145. The van der Waals surface area contributed by atoms with Crippen LogP contribution in [0.5, 0.6) is 34.5 Å². The first-order chi connectivity index (χ1) is 58.2. The molecule has 0 spiro atoms. The first-order valence-electron chi connectivity index (χ1n) is 39.2. The van der Waals surface area contributed by atoms with Crippen LogP contribution < -0.4 is 30.2 Å². The highest BCUT2D eigenvalue weighted by Gasteiger charge is 2.27. The number of hydrogen-bond donors (Lipinski definition) is 2. The molecule has 118 heavy (non-hydrogen) atoms. The second kappa shape index (κ2) is 31.6. The maximum Gasteiger partial charge on any atom is 0.137 e. The lowest BCUT2D eigenvalue weighted by Gasteiger charge is -2.29. The minimum Gasteiger partial charge on any atom is -0.456 e. The smallest absolute Gasteiger partial charge is 0.137 e. The molecule has 8 nitrogen and oxygen atoms in total. The SMILES string of the molecule is Brc1ccc2c(c1)oc1ccccc12.Brc1ccc2c3c(cccc13)Oc1ccccc1-2.Nc1ccc(-c2ccccc2)cc1.c1ccc(-c2ccc(N(c3ccc4c(c3)oc3ccccc34)c3ccc4c5c(cccc35)Oc3ccccc3-4)cc2)cc1.c1ccc(-c2ccc(Nc3ccc4c5c(cccc35)Oc3ccccc3-4)cc2)cc1. The average Bonchev–Trinajstić information content (AvgIpc) is 0.792. The molecule has 3 N–H and O–H groups in total. The second-order valence-corrected chi connectivity index (χ2v) is 30.8. The fourth-order valence-electron chi connectivity index (χ4n) is 16.2. The molecular weight excluding hydrogens is 1580 g/mol. The molecule has 10 heteroatoms. The molecule has 3 aliphatic heterocycles. The van der Waals surface area contributed by atoms with E-state index in [-0.39, 0.29) is 0 Å². The number of fused-ring (bicyclic) bond motifs is 12. The minimum atomic E-state index is 0.805. The summed E-state index contributed by atoms with van der Waals surface area (Å²) in [6.45, 7) is 0. The Morgan fingerprint density at radius 1 is 0.246 bits per heavy atom. The van der Waals surface area contributed by atoms with Crippen molar-refractivity contribution in [3.05, 3.63) is 421 Å². The molecule has 0 unspecified atom stereocenters. The minimum absolute atomic E-state index is 0.805.